The molecule has 2 aliphatic heterocycles. The molecule has 2 saturated heterocycles. The van der Waals surface area contributed by atoms with E-state index in [-0.39, 0.29) is 24.0 Å². The van der Waals surface area contributed by atoms with Crippen LogP contribution in [0.5, 0.6) is 0 Å². The molecule has 29 heavy (non-hydrogen) atoms. The molecule has 1 aromatic carbocycles. The number of ether oxygens (including phenoxy) is 2. The van der Waals surface area contributed by atoms with E-state index in [0.29, 0.717) is 12.2 Å². The third-order valence-electron chi connectivity index (χ3n) is 5.48. The van der Waals surface area contributed by atoms with E-state index in [1.165, 1.54) is 18.5 Å². The number of anilines is 1. The van der Waals surface area contributed by atoms with E-state index < -0.39 is 0 Å². The molecule has 0 radical (unpaired) electrons. The maximum absolute atomic E-state index is 6.12. The zero-order chi connectivity index (χ0) is 19.4. The van der Waals surface area contributed by atoms with Gasteiger partial charge in [0, 0.05) is 45.5 Å². The molecule has 0 saturated carbocycles. The van der Waals surface area contributed by atoms with Crippen LogP contribution in [0.4, 0.5) is 5.69 Å². The van der Waals surface area contributed by atoms with E-state index in [0.717, 1.165) is 71.0 Å². The molecule has 0 amide bonds. The highest BCUT2D eigenvalue weighted by Crippen LogP contribution is 2.18. The fourth-order valence-electron chi connectivity index (χ4n) is 3.83. The predicted molar refractivity (Wildman–Crippen MR) is 130 cm³/mol. The van der Waals surface area contributed by atoms with Crippen molar-refractivity contribution in [1.82, 2.24) is 10.2 Å². The average Bonchev–Trinajstić information content (AvgIpc) is 2.77. The summed E-state index contributed by atoms with van der Waals surface area (Å²) in [4.78, 5) is 6.81. The Morgan fingerprint density at radius 1 is 1.14 bits per heavy atom. The van der Waals surface area contributed by atoms with Crippen molar-refractivity contribution in [3.05, 3.63) is 30.3 Å². The minimum atomic E-state index is 0. The summed E-state index contributed by atoms with van der Waals surface area (Å²) in [5, 5.41) is 6.94. The number of nitrogens with one attached hydrogen (secondary N) is 2. The highest BCUT2D eigenvalue weighted by Gasteiger charge is 2.23. The van der Waals surface area contributed by atoms with Gasteiger partial charge >= 0.3 is 0 Å². The fraction of sp³-hybridized carbons (Fsp3) is 0.682. The Kier molecular flexibility index (Phi) is 11.7. The van der Waals surface area contributed by atoms with Gasteiger partial charge in [-0.25, -0.2) is 0 Å². The summed E-state index contributed by atoms with van der Waals surface area (Å²) >= 11 is 0. The summed E-state index contributed by atoms with van der Waals surface area (Å²) < 4.78 is 11.9. The Balaban J connectivity index is 0.00000300. The van der Waals surface area contributed by atoms with E-state index in [2.05, 4.69) is 44.8 Å². The monoisotopic (exact) mass is 516 g/mol. The predicted octanol–water partition coefficient (Wildman–Crippen LogP) is 3.73. The van der Waals surface area contributed by atoms with Crippen LogP contribution in [-0.4, -0.2) is 69.5 Å². The third-order valence-corrected chi connectivity index (χ3v) is 5.48. The summed E-state index contributed by atoms with van der Waals surface area (Å²) in [6.07, 6.45) is 7.45. The standard InChI is InChI=1S/C22H36N4O2.HI/c1-23-22(25-14-7-13-24-19-8-3-2-4-9-19)26-15-11-20(12-16-26)28-18-21-10-5-6-17-27-21;/h2-4,8-9,20-21,24H,5-7,10-18H2,1H3,(H,23,25);1H. The van der Waals surface area contributed by atoms with Gasteiger partial charge < -0.3 is 25.0 Å². The van der Waals surface area contributed by atoms with Gasteiger partial charge in [0.2, 0.25) is 0 Å². The molecule has 1 atom stereocenters. The summed E-state index contributed by atoms with van der Waals surface area (Å²) in [6.45, 7) is 5.52. The molecule has 0 bridgehead atoms. The molecular formula is C22H37IN4O2. The molecule has 0 aromatic heterocycles. The quantitative estimate of drug-likeness (QED) is 0.239. The largest absolute Gasteiger partial charge is 0.385 e. The van der Waals surface area contributed by atoms with Gasteiger partial charge in [-0.05, 0) is 50.7 Å². The molecule has 0 aliphatic carbocycles. The fourth-order valence-corrected chi connectivity index (χ4v) is 3.83. The first kappa shape index (κ1) is 24.2. The summed E-state index contributed by atoms with van der Waals surface area (Å²) in [7, 11) is 1.87. The maximum Gasteiger partial charge on any atom is 0.193 e. The van der Waals surface area contributed by atoms with E-state index in [9.17, 15) is 0 Å². The van der Waals surface area contributed by atoms with Crippen molar-refractivity contribution in [2.24, 2.45) is 4.99 Å². The second kappa shape index (κ2) is 14.0. The number of nitrogens with zero attached hydrogens (tertiary/aromatic N) is 2. The zero-order valence-corrected chi connectivity index (χ0v) is 20.0. The zero-order valence-electron chi connectivity index (χ0n) is 17.6. The second-order valence-electron chi connectivity index (χ2n) is 7.63. The van der Waals surface area contributed by atoms with Crippen molar-refractivity contribution < 1.29 is 9.47 Å². The van der Waals surface area contributed by atoms with Gasteiger partial charge in [0.05, 0.1) is 18.8 Å². The Morgan fingerprint density at radius 3 is 2.62 bits per heavy atom. The molecule has 6 nitrogen and oxygen atoms in total. The Hall–Kier alpha value is -1.06. The summed E-state index contributed by atoms with van der Waals surface area (Å²) in [5.74, 6) is 1.01. The molecule has 164 valence electrons. The number of likely N-dealkylation sites (tertiary alicyclic amines) is 1. The van der Waals surface area contributed by atoms with E-state index in [1.807, 2.05) is 13.1 Å². The lowest BCUT2D eigenvalue weighted by atomic mass is 10.1. The SMILES string of the molecule is CN=C(NCCCNc1ccccc1)N1CCC(OCC2CCCCO2)CC1.I. The molecule has 1 aromatic rings. The van der Waals surface area contributed by atoms with Crippen LogP contribution in [0.25, 0.3) is 0 Å². The van der Waals surface area contributed by atoms with Crippen LogP contribution in [0.15, 0.2) is 35.3 Å². The minimum absolute atomic E-state index is 0. The lowest BCUT2D eigenvalue weighted by molar-refractivity contribution is -0.0721. The van der Waals surface area contributed by atoms with Gasteiger partial charge in [-0.15, -0.1) is 24.0 Å². The first-order valence-corrected chi connectivity index (χ1v) is 10.8. The molecule has 1 unspecified atom stereocenters. The van der Waals surface area contributed by atoms with Crippen molar-refractivity contribution in [2.45, 2.75) is 50.7 Å². The van der Waals surface area contributed by atoms with Crippen LogP contribution in [-0.2, 0) is 9.47 Å². The van der Waals surface area contributed by atoms with Crippen molar-refractivity contribution >= 4 is 35.6 Å². The lowest BCUT2D eigenvalue weighted by Gasteiger charge is -2.35. The Labute approximate surface area is 192 Å². The van der Waals surface area contributed by atoms with Crippen LogP contribution in [0, 0.1) is 0 Å². The second-order valence-corrected chi connectivity index (χ2v) is 7.63. The van der Waals surface area contributed by atoms with Crippen LogP contribution < -0.4 is 10.6 Å². The van der Waals surface area contributed by atoms with Crippen LogP contribution in [0.1, 0.15) is 38.5 Å². The minimum Gasteiger partial charge on any atom is -0.385 e. The number of para-hydroxylation sites is 1. The number of guanidine groups is 1. The molecule has 3 rings (SSSR count). The summed E-state index contributed by atoms with van der Waals surface area (Å²) in [6, 6.07) is 10.3. The number of hydrogen-bond acceptors (Lipinski definition) is 4. The average molecular weight is 516 g/mol. The topological polar surface area (TPSA) is 58.1 Å². The van der Waals surface area contributed by atoms with Crippen LogP contribution in [0.3, 0.4) is 0 Å². The van der Waals surface area contributed by atoms with Crippen molar-refractivity contribution in [3.63, 3.8) is 0 Å². The van der Waals surface area contributed by atoms with Crippen molar-refractivity contribution in [2.75, 3.05) is 51.8 Å². The molecule has 2 fully saturated rings. The smallest absolute Gasteiger partial charge is 0.193 e. The Bertz CT molecular complexity index is 573. The Morgan fingerprint density at radius 2 is 1.93 bits per heavy atom. The molecular weight excluding hydrogens is 479 g/mol. The number of aliphatic imine (C=N–C) groups is 1. The highest BCUT2D eigenvalue weighted by molar-refractivity contribution is 14.0. The van der Waals surface area contributed by atoms with E-state index in [1.54, 1.807) is 0 Å². The van der Waals surface area contributed by atoms with Gasteiger partial charge in [-0.3, -0.25) is 4.99 Å². The van der Waals surface area contributed by atoms with Gasteiger partial charge in [-0.1, -0.05) is 18.2 Å². The van der Waals surface area contributed by atoms with Crippen molar-refractivity contribution in [1.29, 1.82) is 0 Å². The lowest BCUT2D eigenvalue weighted by Crippen LogP contribution is -2.47. The number of hydrogen-bond donors (Lipinski definition) is 2. The van der Waals surface area contributed by atoms with E-state index in [4.69, 9.17) is 9.47 Å². The van der Waals surface area contributed by atoms with Gasteiger partial charge in [-0.2, -0.15) is 0 Å². The van der Waals surface area contributed by atoms with Crippen LogP contribution >= 0.6 is 24.0 Å². The van der Waals surface area contributed by atoms with Gasteiger partial charge in [0.15, 0.2) is 5.96 Å². The maximum atomic E-state index is 6.12. The highest BCUT2D eigenvalue weighted by atomic mass is 127. The molecule has 0 spiro atoms. The van der Waals surface area contributed by atoms with Gasteiger partial charge in [0.1, 0.15) is 0 Å². The van der Waals surface area contributed by atoms with Crippen molar-refractivity contribution in [3.8, 4) is 0 Å². The summed E-state index contributed by atoms with van der Waals surface area (Å²) in [5.41, 5.74) is 1.17. The van der Waals surface area contributed by atoms with E-state index >= 15 is 0 Å². The molecule has 7 heteroatoms. The number of halogens is 1. The van der Waals surface area contributed by atoms with Gasteiger partial charge in [0.25, 0.3) is 0 Å². The number of benzene rings is 1. The molecule has 2 N–H and O–H groups in total. The molecule has 2 heterocycles. The van der Waals surface area contributed by atoms with Crippen LogP contribution in [0.2, 0.25) is 0 Å². The third kappa shape index (κ3) is 8.68. The number of piperidine rings is 1. The normalized spacial score (nSPS) is 20.8. The molecule has 2 aliphatic rings. The number of rotatable bonds is 8. The first-order chi connectivity index (χ1) is 13.8. The first-order valence-electron chi connectivity index (χ1n) is 10.8.